The monoisotopic (exact) mass is 203 g/mol. The van der Waals surface area contributed by atoms with E-state index in [1.807, 2.05) is 13.8 Å². The van der Waals surface area contributed by atoms with Crippen LogP contribution < -0.4 is 5.73 Å². The van der Waals surface area contributed by atoms with Crippen molar-refractivity contribution in [2.24, 2.45) is 5.73 Å². The third kappa shape index (κ3) is 5.71. The highest BCUT2D eigenvalue weighted by Gasteiger charge is 2.03. The molecule has 1 unspecified atom stereocenters. The lowest BCUT2D eigenvalue weighted by atomic mass is 10.2. The highest BCUT2D eigenvalue weighted by atomic mass is 32.2. The van der Waals surface area contributed by atoms with Crippen molar-refractivity contribution in [2.45, 2.75) is 25.5 Å². The second-order valence-electron chi connectivity index (χ2n) is 2.77. The summed E-state index contributed by atoms with van der Waals surface area (Å²) in [6.07, 6.45) is 2.34. The Hall–Kier alpha value is -0.480. The van der Waals surface area contributed by atoms with Crippen molar-refractivity contribution >= 4 is 17.7 Å². The van der Waals surface area contributed by atoms with E-state index in [0.717, 1.165) is 5.75 Å². The van der Waals surface area contributed by atoms with E-state index in [2.05, 4.69) is 0 Å². The van der Waals surface area contributed by atoms with Gasteiger partial charge in [-0.15, -0.1) is 0 Å². The van der Waals surface area contributed by atoms with Crippen LogP contribution in [-0.2, 0) is 4.79 Å². The minimum absolute atomic E-state index is 0.392. The molecule has 0 radical (unpaired) electrons. The maximum absolute atomic E-state index is 10.6. The molecule has 0 spiro atoms. The summed E-state index contributed by atoms with van der Waals surface area (Å²) >= 11 is 1.67. The molecule has 0 rings (SSSR count). The van der Waals surface area contributed by atoms with Gasteiger partial charge in [0.05, 0.1) is 0 Å². The highest BCUT2D eigenvalue weighted by Crippen LogP contribution is 2.11. The van der Waals surface area contributed by atoms with Gasteiger partial charge >= 0.3 is 5.97 Å². The molecule has 0 amide bonds. The van der Waals surface area contributed by atoms with Crippen molar-refractivity contribution in [3.05, 3.63) is 11.6 Å². The molecule has 0 aromatic heterocycles. The largest absolute Gasteiger partial charge is 0.478 e. The minimum atomic E-state index is -0.816. The van der Waals surface area contributed by atoms with E-state index in [9.17, 15) is 4.79 Å². The summed E-state index contributed by atoms with van der Waals surface area (Å²) in [6, 6.07) is 0. The first-order valence-electron chi connectivity index (χ1n) is 4.35. The summed E-state index contributed by atoms with van der Waals surface area (Å²) in [5, 5.41) is 9.09. The van der Waals surface area contributed by atoms with Crippen LogP contribution in [0, 0.1) is 0 Å². The molecule has 0 saturated carbocycles. The quantitative estimate of drug-likeness (QED) is 0.642. The first kappa shape index (κ1) is 12.5. The van der Waals surface area contributed by atoms with Crippen LogP contribution in [0.2, 0.25) is 0 Å². The third-order valence-corrected chi connectivity index (χ3v) is 2.82. The zero-order chi connectivity index (χ0) is 10.3. The molecule has 0 heterocycles. The lowest BCUT2D eigenvalue weighted by molar-refractivity contribution is -0.132. The Morgan fingerprint density at radius 2 is 2.31 bits per heavy atom. The average Bonchev–Trinajstić information content (AvgIpc) is 2.11. The Labute approximate surface area is 83.4 Å². The number of nitrogens with two attached hydrogens (primary N) is 1. The molecule has 1 atom stereocenters. The second-order valence-corrected chi connectivity index (χ2v) is 4.24. The van der Waals surface area contributed by atoms with Gasteiger partial charge in [0.1, 0.15) is 0 Å². The Kier molecular flexibility index (Phi) is 6.72. The molecule has 0 bridgehead atoms. The molecule has 3 nitrogen and oxygen atoms in total. The number of carbonyl (C=O) groups is 1. The molecule has 0 saturated heterocycles. The summed E-state index contributed by atoms with van der Waals surface area (Å²) in [6.45, 7) is 4.51. The van der Waals surface area contributed by atoms with E-state index in [-0.39, 0.29) is 0 Å². The van der Waals surface area contributed by atoms with Crippen LogP contribution in [0.25, 0.3) is 0 Å². The van der Waals surface area contributed by atoms with E-state index in [1.165, 1.54) is 0 Å². The zero-order valence-electron chi connectivity index (χ0n) is 8.12. The molecular weight excluding hydrogens is 186 g/mol. The van der Waals surface area contributed by atoms with Gasteiger partial charge in [0, 0.05) is 23.1 Å². The normalized spacial score (nSPS) is 14.2. The third-order valence-electron chi connectivity index (χ3n) is 1.70. The summed E-state index contributed by atoms with van der Waals surface area (Å²) in [4.78, 5) is 10.6. The van der Waals surface area contributed by atoms with Crippen molar-refractivity contribution in [3.63, 3.8) is 0 Å². The summed E-state index contributed by atoms with van der Waals surface area (Å²) < 4.78 is 0. The second kappa shape index (κ2) is 6.97. The van der Waals surface area contributed by atoms with Gasteiger partial charge in [-0.3, -0.25) is 0 Å². The fourth-order valence-electron chi connectivity index (χ4n) is 0.764. The topological polar surface area (TPSA) is 63.3 Å². The first-order valence-corrected chi connectivity index (χ1v) is 5.40. The van der Waals surface area contributed by atoms with Crippen molar-refractivity contribution in [2.75, 3.05) is 12.3 Å². The molecule has 0 aliphatic heterocycles. The van der Waals surface area contributed by atoms with Crippen LogP contribution >= 0.6 is 11.8 Å². The SMILES string of the molecule is CCC(=CCSC(C)CN)C(=O)O. The van der Waals surface area contributed by atoms with Crippen LogP contribution in [0.15, 0.2) is 11.6 Å². The van der Waals surface area contributed by atoms with Crippen molar-refractivity contribution in [3.8, 4) is 0 Å². The minimum Gasteiger partial charge on any atom is -0.478 e. The van der Waals surface area contributed by atoms with Crippen LogP contribution in [0.5, 0.6) is 0 Å². The maximum atomic E-state index is 10.6. The highest BCUT2D eigenvalue weighted by molar-refractivity contribution is 8.00. The van der Waals surface area contributed by atoms with E-state index >= 15 is 0 Å². The fraction of sp³-hybridized carbons (Fsp3) is 0.667. The predicted octanol–water partition coefficient (Wildman–Crippen LogP) is 1.49. The molecule has 13 heavy (non-hydrogen) atoms. The molecule has 76 valence electrons. The number of aliphatic carboxylic acids is 1. The molecule has 0 aliphatic rings. The molecule has 0 aromatic carbocycles. The predicted molar refractivity (Wildman–Crippen MR) is 57.0 cm³/mol. The van der Waals surface area contributed by atoms with Gasteiger partial charge in [0.15, 0.2) is 0 Å². The average molecular weight is 203 g/mol. The smallest absolute Gasteiger partial charge is 0.331 e. The lowest BCUT2D eigenvalue weighted by Crippen LogP contribution is -2.12. The Balaban J connectivity index is 3.87. The van der Waals surface area contributed by atoms with E-state index in [4.69, 9.17) is 10.8 Å². The van der Waals surface area contributed by atoms with Gasteiger partial charge in [0.2, 0.25) is 0 Å². The van der Waals surface area contributed by atoms with Gasteiger partial charge in [-0.05, 0) is 6.42 Å². The van der Waals surface area contributed by atoms with Crippen LogP contribution in [0.4, 0.5) is 0 Å². The number of carboxylic acid groups (broad SMARTS) is 1. The van der Waals surface area contributed by atoms with Gasteiger partial charge < -0.3 is 10.8 Å². The van der Waals surface area contributed by atoms with Gasteiger partial charge in [0.25, 0.3) is 0 Å². The Morgan fingerprint density at radius 3 is 2.69 bits per heavy atom. The van der Waals surface area contributed by atoms with Crippen LogP contribution in [0.3, 0.4) is 0 Å². The molecule has 4 heteroatoms. The molecule has 0 aromatic rings. The van der Waals surface area contributed by atoms with E-state index in [0.29, 0.717) is 23.8 Å². The van der Waals surface area contributed by atoms with E-state index < -0.39 is 5.97 Å². The molecule has 3 N–H and O–H groups in total. The maximum Gasteiger partial charge on any atom is 0.331 e. The van der Waals surface area contributed by atoms with Crippen LogP contribution in [-0.4, -0.2) is 28.6 Å². The molecule has 0 fully saturated rings. The standard InChI is InChI=1S/C9H17NO2S/c1-3-8(9(11)12)4-5-13-7(2)6-10/h4,7H,3,5-6,10H2,1-2H3,(H,11,12). The van der Waals surface area contributed by atoms with Gasteiger partial charge in [-0.1, -0.05) is 19.9 Å². The molecule has 0 aliphatic carbocycles. The lowest BCUT2D eigenvalue weighted by Gasteiger charge is -2.05. The van der Waals surface area contributed by atoms with Crippen LogP contribution in [0.1, 0.15) is 20.3 Å². The number of carboxylic acids is 1. The Bertz CT molecular complexity index is 192. The van der Waals surface area contributed by atoms with Crippen molar-refractivity contribution in [1.29, 1.82) is 0 Å². The van der Waals surface area contributed by atoms with Gasteiger partial charge in [-0.25, -0.2) is 4.79 Å². The van der Waals surface area contributed by atoms with Crippen molar-refractivity contribution < 1.29 is 9.90 Å². The number of rotatable bonds is 6. The van der Waals surface area contributed by atoms with E-state index in [1.54, 1.807) is 17.8 Å². The first-order chi connectivity index (χ1) is 6.11. The number of hydrogen-bond donors (Lipinski definition) is 2. The zero-order valence-corrected chi connectivity index (χ0v) is 8.93. The van der Waals surface area contributed by atoms with Gasteiger partial charge in [-0.2, -0.15) is 11.8 Å². The number of hydrogen-bond acceptors (Lipinski definition) is 3. The summed E-state index contributed by atoms with van der Waals surface area (Å²) in [5.41, 5.74) is 5.91. The summed E-state index contributed by atoms with van der Waals surface area (Å²) in [7, 11) is 0. The Morgan fingerprint density at radius 1 is 1.69 bits per heavy atom. The van der Waals surface area contributed by atoms with Crippen molar-refractivity contribution in [1.82, 2.24) is 0 Å². The number of thioether (sulfide) groups is 1. The molecular formula is C9H17NO2S. The summed E-state index contributed by atoms with van der Waals surface area (Å²) in [5.74, 6) is -0.0862. The fourth-order valence-corrected chi connectivity index (χ4v) is 1.53.